The Balaban J connectivity index is 1.47. The van der Waals surface area contributed by atoms with Gasteiger partial charge in [-0.15, -0.1) is 0 Å². The first-order valence-corrected chi connectivity index (χ1v) is 10.2. The van der Waals surface area contributed by atoms with E-state index in [0.717, 1.165) is 5.56 Å². The fourth-order valence-corrected chi connectivity index (χ4v) is 3.54. The van der Waals surface area contributed by atoms with E-state index in [-0.39, 0.29) is 17.9 Å². The van der Waals surface area contributed by atoms with Crippen LogP contribution in [0.2, 0.25) is 5.02 Å². The molecule has 30 heavy (non-hydrogen) atoms. The van der Waals surface area contributed by atoms with Gasteiger partial charge >= 0.3 is 0 Å². The second-order valence-electron chi connectivity index (χ2n) is 7.16. The molecule has 1 fully saturated rings. The zero-order valence-corrected chi connectivity index (χ0v) is 17.4. The van der Waals surface area contributed by atoms with Gasteiger partial charge in [-0.1, -0.05) is 23.7 Å². The Morgan fingerprint density at radius 2 is 1.97 bits per heavy atom. The topological polar surface area (TPSA) is 105 Å². The lowest BCUT2D eigenvalue weighted by Crippen LogP contribution is -2.41. The summed E-state index contributed by atoms with van der Waals surface area (Å²) in [6.07, 6.45) is 0.600. The van der Waals surface area contributed by atoms with Crippen LogP contribution < -0.4 is 10.9 Å². The summed E-state index contributed by atoms with van der Waals surface area (Å²) < 4.78 is 6.59. The normalized spacial score (nSPS) is 14.3. The molecule has 0 radical (unpaired) electrons. The number of aromatic amines is 1. The molecule has 3 aromatic rings. The molecule has 1 aliphatic rings. The van der Waals surface area contributed by atoms with Crippen LogP contribution in [-0.2, 0) is 22.5 Å². The van der Waals surface area contributed by atoms with Gasteiger partial charge in [0.1, 0.15) is 0 Å². The second kappa shape index (κ2) is 8.85. The monoisotopic (exact) mass is 430 g/mol. The Labute approximate surface area is 178 Å². The summed E-state index contributed by atoms with van der Waals surface area (Å²) in [5.74, 6) is 0.756. The summed E-state index contributed by atoms with van der Waals surface area (Å²) in [5, 5.41) is 6.77. The van der Waals surface area contributed by atoms with Gasteiger partial charge in [0.05, 0.1) is 18.9 Å². The Bertz CT molecular complexity index is 1100. The van der Waals surface area contributed by atoms with Gasteiger partial charge in [0, 0.05) is 36.6 Å². The van der Waals surface area contributed by atoms with Gasteiger partial charge in [-0.25, -0.2) is 4.98 Å². The first-order valence-electron chi connectivity index (χ1n) is 9.83. The van der Waals surface area contributed by atoms with Crippen LogP contribution in [0.5, 0.6) is 0 Å². The summed E-state index contributed by atoms with van der Waals surface area (Å²) in [4.78, 5) is 35.9. The number of carbonyl (C=O) groups is 1. The second-order valence-corrected chi connectivity index (χ2v) is 7.60. The van der Waals surface area contributed by atoms with E-state index >= 15 is 0 Å². The third kappa shape index (κ3) is 4.47. The number of morpholine rings is 1. The average molecular weight is 431 g/mol. The van der Waals surface area contributed by atoms with Crippen molar-refractivity contribution in [3.63, 3.8) is 0 Å². The van der Waals surface area contributed by atoms with Crippen molar-refractivity contribution in [3.8, 4) is 0 Å². The summed E-state index contributed by atoms with van der Waals surface area (Å²) >= 11 is 5.90. The molecule has 3 heterocycles. The van der Waals surface area contributed by atoms with Gasteiger partial charge in [-0.2, -0.15) is 9.50 Å². The molecular weight excluding hydrogens is 408 g/mol. The predicted octanol–water partition coefficient (Wildman–Crippen LogP) is 1.78. The molecule has 10 heteroatoms. The van der Waals surface area contributed by atoms with Crippen LogP contribution in [0.15, 0.2) is 29.1 Å². The Kier molecular flexibility index (Phi) is 6.01. The van der Waals surface area contributed by atoms with Crippen LogP contribution in [0.3, 0.4) is 0 Å². The van der Waals surface area contributed by atoms with Gasteiger partial charge in [0.15, 0.2) is 0 Å². The van der Waals surface area contributed by atoms with Gasteiger partial charge < -0.3 is 15.0 Å². The van der Waals surface area contributed by atoms with E-state index in [0.29, 0.717) is 67.3 Å². The number of rotatable bonds is 6. The van der Waals surface area contributed by atoms with Crippen LogP contribution in [0.1, 0.15) is 23.2 Å². The fourth-order valence-electron chi connectivity index (χ4n) is 3.41. The van der Waals surface area contributed by atoms with Crippen LogP contribution in [-0.4, -0.2) is 56.7 Å². The van der Waals surface area contributed by atoms with Crippen molar-refractivity contribution >= 4 is 29.2 Å². The van der Waals surface area contributed by atoms with Crippen molar-refractivity contribution in [1.82, 2.24) is 24.5 Å². The van der Waals surface area contributed by atoms with Crippen LogP contribution >= 0.6 is 11.6 Å². The minimum absolute atomic E-state index is 0.0251. The van der Waals surface area contributed by atoms with Gasteiger partial charge in [0.2, 0.25) is 11.9 Å². The molecule has 1 aromatic carbocycles. The number of nitrogens with zero attached hydrogens (tertiary/aromatic N) is 4. The number of benzene rings is 1. The Morgan fingerprint density at radius 1 is 1.23 bits per heavy atom. The highest BCUT2D eigenvalue weighted by Gasteiger charge is 2.19. The molecule has 158 valence electrons. The minimum atomic E-state index is -0.237. The molecule has 9 nitrogen and oxygen atoms in total. The Morgan fingerprint density at radius 3 is 2.70 bits per heavy atom. The number of fused-ring (bicyclic) bond motifs is 1. The predicted molar refractivity (Wildman–Crippen MR) is 113 cm³/mol. The van der Waals surface area contributed by atoms with Crippen LogP contribution in [0.25, 0.3) is 5.78 Å². The minimum Gasteiger partial charge on any atom is -0.378 e. The maximum atomic E-state index is 12.9. The largest absolute Gasteiger partial charge is 0.378 e. The third-order valence-electron chi connectivity index (χ3n) is 5.12. The maximum absolute atomic E-state index is 12.9. The number of carbonyl (C=O) groups excluding carboxylic acids is 1. The van der Waals surface area contributed by atoms with Gasteiger partial charge in [-0.05, 0) is 31.0 Å². The molecule has 0 atom stereocenters. The quantitative estimate of drug-likeness (QED) is 0.617. The lowest BCUT2D eigenvalue weighted by atomic mass is 10.1. The summed E-state index contributed by atoms with van der Waals surface area (Å²) in [7, 11) is 0. The summed E-state index contributed by atoms with van der Waals surface area (Å²) in [6, 6.07) is 7.46. The SMILES string of the molecule is Cc1nc2nc(NCc3ccc(Cl)cc3)[nH]n2c(=O)c1CCC(=O)N1CCOCC1. The lowest BCUT2D eigenvalue weighted by Gasteiger charge is -2.26. The van der Waals surface area contributed by atoms with Crippen LogP contribution in [0.4, 0.5) is 5.95 Å². The third-order valence-corrected chi connectivity index (χ3v) is 5.37. The molecule has 1 amide bonds. The van der Waals surface area contributed by atoms with E-state index in [1.165, 1.54) is 4.52 Å². The van der Waals surface area contributed by atoms with E-state index in [9.17, 15) is 9.59 Å². The number of hydrogen-bond donors (Lipinski definition) is 2. The molecule has 1 saturated heterocycles. The van der Waals surface area contributed by atoms with Crippen molar-refractivity contribution in [2.45, 2.75) is 26.3 Å². The van der Waals surface area contributed by atoms with Crippen molar-refractivity contribution in [2.75, 3.05) is 31.6 Å². The number of anilines is 1. The highest BCUT2D eigenvalue weighted by molar-refractivity contribution is 6.30. The molecular formula is C20H23ClN6O3. The van der Waals surface area contributed by atoms with E-state index in [2.05, 4.69) is 20.4 Å². The van der Waals surface area contributed by atoms with Gasteiger partial charge in [-0.3, -0.25) is 14.7 Å². The number of nitrogens with one attached hydrogen (secondary N) is 2. The summed E-state index contributed by atoms with van der Waals surface area (Å²) in [5.41, 5.74) is 1.89. The standard InChI is InChI=1S/C20H23ClN6O3/c1-13-16(6-7-17(28)26-8-10-30-11-9-26)18(29)27-20(23-13)24-19(25-27)22-12-14-2-4-15(21)5-3-14/h2-5H,6-12H2,1H3,(H2,22,23,24,25). The number of aromatic nitrogens is 4. The maximum Gasteiger partial charge on any atom is 0.277 e. The lowest BCUT2D eigenvalue weighted by molar-refractivity contribution is -0.135. The first kappa shape index (κ1) is 20.4. The molecule has 1 aliphatic heterocycles. The molecule has 2 N–H and O–H groups in total. The van der Waals surface area contributed by atoms with Crippen molar-refractivity contribution in [3.05, 3.63) is 56.5 Å². The highest BCUT2D eigenvalue weighted by atomic mass is 35.5. The van der Waals surface area contributed by atoms with Crippen molar-refractivity contribution < 1.29 is 9.53 Å². The number of halogens is 1. The number of aryl methyl sites for hydroxylation is 1. The van der Waals surface area contributed by atoms with E-state index in [1.807, 2.05) is 24.3 Å². The molecule has 0 aliphatic carbocycles. The molecule has 0 spiro atoms. The number of amides is 1. The van der Waals surface area contributed by atoms with E-state index < -0.39 is 0 Å². The fraction of sp³-hybridized carbons (Fsp3) is 0.400. The van der Waals surface area contributed by atoms with E-state index in [1.54, 1.807) is 11.8 Å². The number of H-pyrrole nitrogens is 1. The van der Waals surface area contributed by atoms with Crippen LogP contribution in [0, 0.1) is 6.92 Å². The molecule has 2 aromatic heterocycles. The molecule has 4 rings (SSSR count). The zero-order valence-electron chi connectivity index (χ0n) is 16.7. The number of ether oxygens (including phenoxy) is 1. The van der Waals surface area contributed by atoms with Crippen molar-refractivity contribution in [2.24, 2.45) is 0 Å². The van der Waals surface area contributed by atoms with E-state index in [4.69, 9.17) is 16.3 Å². The molecule has 0 saturated carbocycles. The zero-order chi connectivity index (χ0) is 21.1. The Hall–Kier alpha value is -2.91. The highest BCUT2D eigenvalue weighted by Crippen LogP contribution is 2.12. The molecule has 0 bridgehead atoms. The average Bonchev–Trinajstić information content (AvgIpc) is 3.16. The number of hydrogen-bond acceptors (Lipinski definition) is 6. The first-order chi connectivity index (χ1) is 14.5. The van der Waals surface area contributed by atoms with Gasteiger partial charge in [0.25, 0.3) is 11.3 Å². The molecule has 0 unspecified atom stereocenters. The summed E-state index contributed by atoms with van der Waals surface area (Å²) in [6.45, 7) is 4.59. The smallest absolute Gasteiger partial charge is 0.277 e. The van der Waals surface area contributed by atoms with Crippen molar-refractivity contribution in [1.29, 1.82) is 0 Å².